The maximum absolute atomic E-state index is 7.52. The molecule has 3 heteroatoms. The SMILES string of the molecule is Cc1c2c(c3cccc4c3c1-c1ccccc1-4)OC(c1ccc(Oc3ccccc3)cc1)(c1ccc(-n3c4ccccc4c4ccccc43)cc1)C=C2. The number of aromatic nitrogens is 1. The number of hydrogen-bond acceptors (Lipinski definition) is 2. The summed E-state index contributed by atoms with van der Waals surface area (Å²) in [6, 6.07) is 59.8. The second kappa shape index (κ2) is 11.3. The van der Waals surface area contributed by atoms with Crippen LogP contribution >= 0.6 is 0 Å². The Bertz CT molecular complexity index is 2880. The molecule has 1 unspecified atom stereocenters. The van der Waals surface area contributed by atoms with Gasteiger partial charge in [0.2, 0.25) is 0 Å². The Morgan fingerprint density at radius 1 is 0.509 bits per heavy atom. The first-order valence-corrected chi connectivity index (χ1v) is 18.2. The van der Waals surface area contributed by atoms with E-state index in [1.165, 1.54) is 55.0 Å². The zero-order valence-electron chi connectivity index (χ0n) is 29.1. The molecule has 1 aliphatic heterocycles. The van der Waals surface area contributed by atoms with E-state index in [4.69, 9.17) is 9.47 Å². The predicted octanol–water partition coefficient (Wildman–Crippen LogP) is 13.0. The van der Waals surface area contributed by atoms with Crippen LogP contribution in [0.3, 0.4) is 0 Å². The number of rotatable bonds is 5. The van der Waals surface area contributed by atoms with Gasteiger partial charge in [-0.25, -0.2) is 0 Å². The molecule has 11 rings (SSSR count). The van der Waals surface area contributed by atoms with Crippen LogP contribution in [0.2, 0.25) is 0 Å². The monoisotopic (exact) mass is 679 g/mol. The molecule has 0 radical (unpaired) electrons. The molecule has 0 saturated heterocycles. The zero-order chi connectivity index (χ0) is 35.1. The summed E-state index contributed by atoms with van der Waals surface area (Å²) in [4.78, 5) is 0. The minimum absolute atomic E-state index is 0.774. The van der Waals surface area contributed by atoms with Gasteiger partial charge in [-0.2, -0.15) is 0 Å². The summed E-state index contributed by atoms with van der Waals surface area (Å²) >= 11 is 0. The van der Waals surface area contributed by atoms with E-state index >= 15 is 0 Å². The first-order valence-electron chi connectivity index (χ1n) is 18.2. The Balaban J connectivity index is 1.09. The van der Waals surface area contributed by atoms with Crippen molar-refractivity contribution in [2.24, 2.45) is 0 Å². The lowest BCUT2D eigenvalue weighted by Crippen LogP contribution is -2.34. The van der Waals surface area contributed by atoms with E-state index in [0.29, 0.717) is 0 Å². The summed E-state index contributed by atoms with van der Waals surface area (Å²) in [5, 5.41) is 4.89. The summed E-state index contributed by atoms with van der Waals surface area (Å²) in [7, 11) is 0. The van der Waals surface area contributed by atoms with Gasteiger partial charge in [0.25, 0.3) is 0 Å². The molecule has 9 aromatic rings. The van der Waals surface area contributed by atoms with E-state index in [9.17, 15) is 0 Å². The highest BCUT2D eigenvalue weighted by molar-refractivity contribution is 6.19. The van der Waals surface area contributed by atoms with Crippen LogP contribution in [-0.4, -0.2) is 4.57 Å². The first kappa shape index (κ1) is 29.8. The highest BCUT2D eigenvalue weighted by atomic mass is 16.5. The lowest BCUT2D eigenvalue weighted by atomic mass is 9.82. The fourth-order valence-electron chi connectivity index (χ4n) is 8.78. The molecule has 1 aromatic heterocycles. The van der Waals surface area contributed by atoms with Crippen LogP contribution in [0.4, 0.5) is 0 Å². The summed E-state index contributed by atoms with van der Waals surface area (Å²) < 4.78 is 16.1. The third-order valence-corrected chi connectivity index (χ3v) is 11.2. The predicted molar refractivity (Wildman–Crippen MR) is 217 cm³/mol. The maximum atomic E-state index is 7.52. The molecular weight excluding hydrogens is 647 g/mol. The molecular formula is C50H33NO2. The molecule has 0 bridgehead atoms. The van der Waals surface area contributed by atoms with E-state index in [2.05, 4.69) is 151 Å². The highest BCUT2D eigenvalue weighted by Gasteiger charge is 2.40. The fourth-order valence-corrected chi connectivity index (χ4v) is 8.78. The molecule has 0 spiro atoms. The lowest BCUT2D eigenvalue weighted by molar-refractivity contribution is 0.163. The van der Waals surface area contributed by atoms with Gasteiger partial charge in [-0.3, -0.25) is 0 Å². The van der Waals surface area contributed by atoms with Crippen LogP contribution < -0.4 is 9.47 Å². The molecule has 0 fully saturated rings. The highest BCUT2D eigenvalue weighted by Crippen LogP contribution is 2.55. The van der Waals surface area contributed by atoms with Crippen LogP contribution in [0.1, 0.15) is 22.3 Å². The maximum Gasteiger partial charge on any atom is 0.178 e. The quantitative estimate of drug-likeness (QED) is 0.181. The van der Waals surface area contributed by atoms with E-state index in [1.807, 2.05) is 42.5 Å². The van der Waals surface area contributed by atoms with E-state index in [1.54, 1.807) is 0 Å². The molecule has 250 valence electrons. The van der Waals surface area contributed by atoms with Crippen LogP contribution in [0.15, 0.2) is 176 Å². The minimum Gasteiger partial charge on any atom is -0.472 e. The second-order valence-corrected chi connectivity index (χ2v) is 14.0. The van der Waals surface area contributed by atoms with Crippen molar-refractivity contribution in [3.63, 3.8) is 0 Å². The average molecular weight is 680 g/mol. The first-order chi connectivity index (χ1) is 26.2. The molecule has 0 N–H and O–H groups in total. The van der Waals surface area contributed by atoms with Crippen molar-refractivity contribution in [2.45, 2.75) is 12.5 Å². The molecule has 1 atom stereocenters. The third kappa shape index (κ3) is 4.34. The fraction of sp³-hybridized carbons (Fsp3) is 0.0400. The van der Waals surface area contributed by atoms with Crippen molar-refractivity contribution in [3.8, 4) is 45.2 Å². The Morgan fingerprint density at radius 2 is 1.08 bits per heavy atom. The van der Waals surface area contributed by atoms with Gasteiger partial charge in [-0.05, 0) is 89.3 Å². The van der Waals surface area contributed by atoms with Gasteiger partial charge < -0.3 is 14.0 Å². The van der Waals surface area contributed by atoms with Gasteiger partial charge in [0.05, 0.1) is 11.0 Å². The van der Waals surface area contributed by atoms with Crippen molar-refractivity contribution in [2.75, 3.05) is 0 Å². The number of fused-ring (bicyclic) bond motifs is 8. The Morgan fingerprint density at radius 3 is 1.79 bits per heavy atom. The summed E-state index contributed by atoms with van der Waals surface area (Å²) in [5.41, 5.74) is 12.2. The molecule has 1 aliphatic carbocycles. The van der Waals surface area contributed by atoms with Gasteiger partial charge in [-0.15, -0.1) is 0 Å². The standard InChI is InChI=1S/C50H33NO2/c1-32-38-30-31-50(34-24-28-37(29-25-34)52-36-12-3-2-4-13-36,53-49(38)44-19-11-18-43-39-14-5-6-17-42(39)47(32)48(43)44)33-22-26-35(27-23-33)51-45-20-9-7-15-40(45)41-16-8-10-21-46(41)51/h2-31H,1H3. The van der Waals surface area contributed by atoms with E-state index < -0.39 is 5.60 Å². The number of para-hydroxylation sites is 3. The molecule has 53 heavy (non-hydrogen) atoms. The molecule has 3 nitrogen and oxygen atoms in total. The molecule has 2 heterocycles. The second-order valence-electron chi connectivity index (χ2n) is 14.0. The number of hydrogen-bond donors (Lipinski definition) is 0. The van der Waals surface area contributed by atoms with Crippen LogP contribution in [0.5, 0.6) is 17.2 Å². The normalized spacial score (nSPS) is 15.4. The molecule has 2 aliphatic rings. The van der Waals surface area contributed by atoms with Gasteiger partial charge in [0.1, 0.15) is 17.2 Å². The Kier molecular flexibility index (Phi) is 6.38. The van der Waals surface area contributed by atoms with Crippen LogP contribution in [-0.2, 0) is 5.60 Å². The van der Waals surface area contributed by atoms with E-state index in [-0.39, 0.29) is 0 Å². The lowest BCUT2D eigenvalue weighted by Gasteiger charge is -2.37. The number of ether oxygens (including phenoxy) is 2. The van der Waals surface area contributed by atoms with Crippen LogP contribution in [0, 0.1) is 6.92 Å². The zero-order valence-corrected chi connectivity index (χ0v) is 29.1. The topological polar surface area (TPSA) is 23.4 Å². The van der Waals surface area contributed by atoms with Crippen molar-refractivity contribution in [3.05, 3.63) is 198 Å². The molecule has 0 amide bonds. The number of nitrogens with zero attached hydrogens (tertiary/aromatic N) is 1. The van der Waals surface area contributed by atoms with Crippen molar-refractivity contribution < 1.29 is 9.47 Å². The van der Waals surface area contributed by atoms with Gasteiger partial charge in [-0.1, -0.05) is 127 Å². The van der Waals surface area contributed by atoms with E-state index in [0.717, 1.165) is 45.0 Å². The third-order valence-electron chi connectivity index (χ3n) is 11.2. The number of benzene rings is 8. The Labute approximate surface area is 307 Å². The van der Waals surface area contributed by atoms with Crippen molar-refractivity contribution in [1.82, 2.24) is 4.57 Å². The van der Waals surface area contributed by atoms with Gasteiger partial charge in [0, 0.05) is 43.9 Å². The summed E-state index contributed by atoms with van der Waals surface area (Å²) in [6.07, 6.45) is 4.53. The molecule has 0 saturated carbocycles. The largest absolute Gasteiger partial charge is 0.472 e. The summed E-state index contributed by atoms with van der Waals surface area (Å²) in [6.45, 7) is 2.24. The van der Waals surface area contributed by atoms with Gasteiger partial charge in [0.15, 0.2) is 5.60 Å². The molecule has 8 aromatic carbocycles. The van der Waals surface area contributed by atoms with Gasteiger partial charge >= 0.3 is 0 Å². The van der Waals surface area contributed by atoms with Crippen LogP contribution in [0.25, 0.3) is 66.6 Å². The average Bonchev–Trinajstić information content (AvgIpc) is 3.74. The van der Waals surface area contributed by atoms with Crippen molar-refractivity contribution in [1.29, 1.82) is 0 Å². The minimum atomic E-state index is -0.893. The van der Waals surface area contributed by atoms with Crippen molar-refractivity contribution >= 4 is 38.7 Å². The summed E-state index contributed by atoms with van der Waals surface area (Å²) in [5.74, 6) is 2.49. The smallest absolute Gasteiger partial charge is 0.178 e. The Hall–Kier alpha value is -6.84.